The molecule has 4 heterocycles. The second kappa shape index (κ2) is 11.4. The Balaban J connectivity index is 1.59. The number of sulfone groups is 1. The number of aromatic nitrogens is 7. The largest absolute Gasteiger partial charge is 0.275 e. The number of hydrogen-bond donors (Lipinski definition) is 0. The van der Waals surface area contributed by atoms with Crippen molar-refractivity contribution in [2.45, 2.75) is 76.7 Å². The highest BCUT2D eigenvalue weighted by Gasteiger charge is 2.31. The van der Waals surface area contributed by atoms with Crippen LogP contribution in [-0.4, -0.2) is 48.6 Å². The summed E-state index contributed by atoms with van der Waals surface area (Å²) in [6.45, 7) is 7.37. The first-order valence-electron chi connectivity index (χ1n) is 13.9. The molecule has 4 aromatic rings. The quantitative estimate of drug-likeness (QED) is 0.274. The first kappa shape index (κ1) is 28.4. The zero-order valence-electron chi connectivity index (χ0n) is 23.6. The van der Waals surface area contributed by atoms with Gasteiger partial charge in [-0.3, -0.25) is 14.3 Å². The lowest BCUT2D eigenvalue weighted by atomic mass is 10.0. The van der Waals surface area contributed by atoms with Crippen molar-refractivity contribution in [2.24, 2.45) is 5.92 Å². The van der Waals surface area contributed by atoms with Crippen LogP contribution >= 0.6 is 0 Å². The Morgan fingerprint density at radius 3 is 2.41 bits per heavy atom. The zero-order chi connectivity index (χ0) is 29.3. The van der Waals surface area contributed by atoms with Crippen LogP contribution in [0.1, 0.15) is 75.3 Å². The van der Waals surface area contributed by atoms with Crippen LogP contribution in [0.15, 0.2) is 40.5 Å². The van der Waals surface area contributed by atoms with E-state index >= 15 is 0 Å². The molecule has 1 aliphatic carbocycles. The van der Waals surface area contributed by atoms with Gasteiger partial charge in [-0.05, 0) is 43.7 Å². The molecule has 0 N–H and O–H groups in total. The minimum Gasteiger partial charge on any atom is -0.273 e. The third-order valence-corrected chi connectivity index (χ3v) is 9.09. The molecule has 41 heavy (non-hydrogen) atoms. The molecule has 0 amide bonds. The van der Waals surface area contributed by atoms with Crippen LogP contribution in [0.4, 0.5) is 0 Å². The van der Waals surface area contributed by atoms with E-state index in [1.54, 1.807) is 25.5 Å². The van der Waals surface area contributed by atoms with Gasteiger partial charge >= 0.3 is 0 Å². The van der Waals surface area contributed by atoms with Gasteiger partial charge in [-0.2, -0.15) is 5.26 Å². The maximum absolute atomic E-state index is 13.9. The predicted molar refractivity (Wildman–Crippen MR) is 153 cm³/mol. The number of fused-ring (bicyclic) bond motifs is 1. The Morgan fingerprint density at radius 2 is 1.80 bits per heavy atom. The Morgan fingerprint density at radius 1 is 1.02 bits per heavy atom. The average Bonchev–Trinajstić information content (AvgIpc) is 3.83. The molecular formula is C29H32N8O3S. The third-order valence-electron chi connectivity index (χ3n) is 7.37. The average molecular weight is 573 g/mol. The van der Waals surface area contributed by atoms with Crippen molar-refractivity contribution in [1.29, 1.82) is 5.26 Å². The van der Waals surface area contributed by atoms with Gasteiger partial charge < -0.3 is 0 Å². The van der Waals surface area contributed by atoms with Gasteiger partial charge in [0.1, 0.15) is 23.6 Å². The minimum atomic E-state index is -3.35. The number of nitrogens with zero attached hydrogens (tertiary/aromatic N) is 8. The second-order valence-corrected chi connectivity index (χ2v) is 12.8. The molecule has 1 saturated carbocycles. The molecule has 11 nitrogen and oxygen atoms in total. The van der Waals surface area contributed by atoms with Crippen molar-refractivity contribution in [2.75, 3.05) is 5.75 Å². The monoisotopic (exact) mass is 572 g/mol. The highest BCUT2D eigenvalue weighted by molar-refractivity contribution is 7.91. The summed E-state index contributed by atoms with van der Waals surface area (Å²) in [6.07, 6.45) is 7.90. The summed E-state index contributed by atoms with van der Waals surface area (Å²) in [5.41, 5.74) is 3.75. The maximum Gasteiger partial charge on any atom is 0.275 e. The molecule has 0 unspecified atom stereocenters. The number of pyridine rings is 1. The topological polar surface area (TPSA) is 157 Å². The van der Waals surface area contributed by atoms with Crippen LogP contribution in [0.25, 0.3) is 22.6 Å². The van der Waals surface area contributed by atoms with Gasteiger partial charge in [-0.1, -0.05) is 27.7 Å². The fourth-order valence-electron chi connectivity index (χ4n) is 4.87. The summed E-state index contributed by atoms with van der Waals surface area (Å²) in [6, 6.07) is 4.68. The van der Waals surface area contributed by atoms with E-state index in [1.165, 1.54) is 16.8 Å². The smallest absolute Gasteiger partial charge is 0.273 e. The number of hydrogen-bond acceptors (Lipinski definition) is 10. The molecule has 1 aliphatic rings. The lowest BCUT2D eigenvalue weighted by Crippen LogP contribution is -2.32. The van der Waals surface area contributed by atoms with Crippen molar-refractivity contribution in [3.8, 4) is 17.5 Å². The Bertz CT molecular complexity index is 1810. The lowest BCUT2D eigenvalue weighted by Gasteiger charge is -2.19. The SMILES string of the molecule is CCc1ncnc(C2CC2)c1-c1ncc2nc(CCc3ccc(S(=O)(=O)CC)cn3)c(=O)n([C@@H](C#N)C(C)C)c2n1. The Kier molecular flexibility index (Phi) is 7.91. The van der Waals surface area contributed by atoms with Crippen LogP contribution in [0.2, 0.25) is 0 Å². The van der Waals surface area contributed by atoms with E-state index < -0.39 is 21.4 Å². The van der Waals surface area contributed by atoms with Crippen molar-refractivity contribution >= 4 is 21.0 Å². The van der Waals surface area contributed by atoms with Gasteiger partial charge in [0.05, 0.1) is 39.9 Å². The van der Waals surface area contributed by atoms with E-state index in [0.29, 0.717) is 41.4 Å². The van der Waals surface area contributed by atoms with E-state index in [9.17, 15) is 18.5 Å². The first-order chi connectivity index (χ1) is 19.7. The van der Waals surface area contributed by atoms with Gasteiger partial charge in [0.25, 0.3) is 5.56 Å². The molecule has 5 rings (SSSR count). The van der Waals surface area contributed by atoms with Crippen LogP contribution < -0.4 is 5.56 Å². The van der Waals surface area contributed by atoms with Gasteiger partial charge in [-0.15, -0.1) is 0 Å². The second-order valence-electron chi connectivity index (χ2n) is 10.6. The normalized spacial score (nSPS) is 14.3. The number of rotatable bonds is 10. The van der Waals surface area contributed by atoms with Crippen molar-refractivity contribution in [3.63, 3.8) is 0 Å². The van der Waals surface area contributed by atoms with E-state index in [1.807, 2.05) is 20.8 Å². The summed E-state index contributed by atoms with van der Waals surface area (Å²) in [5, 5.41) is 10.1. The summed E-state index contributed by atoms with van der Waals surface area (Å²) in [4.78, 5) is 41.4. The zero-order valence-corrected chi connectivity index (χ0v) is 24.4. The first-order valence-corrected chi connectivity index (χ1v) is 15.5. The van der Waals surface area contributed by atoms with Crippen molar-refractivity contribution < 1.29 is 8.42 Å². The van der Waals surface area contributed by atoms with Crippen LogP contribution in [0, 0.1) is 17.2 Å². The lowest BCUT2D eigenvalue weighted by molar-refractivity contribution is 0.455. The van der Waals surface area contributed by atoms with Gasteiger partial charge in [0, 0.05) is 24.2 Å². The van der Waals surface area contributed by atoms with E-state index in [0.717, 1.165) is 29.8 Å². The molecule has 0 saturated heterocycles. The van der Waals surface area contributed by atoms with E-state index in [4.69, 9.17) is 4.98 Å². The highest BCUT2D eigenvalue weighted by atomic mass is 32.2. The Labute approximate surface area is 238 Å². The third kappa shape index (κ3) is 5.59. The van der Waals surface area contributed by atoms with Crippen molar-refractivity contribution in [1.82, 2.24) is 34.5 Å². The van der Waals surface area contributed by atoms with Gasteiger partial charge in [-0.25, -0.2) is 33.3 Å². The van der Waals surface area contributed by atoms with E-state index in [-0.39, 0.29) is 28.7 Å². The summed E-state index contributed by atoms with van der Waals surface area (Å²) >= 11 is 0. The molecule has 212 valence electrons. The van der Waals surface area contributed by atoms with E-state index in [2.05, 4.69) is 31.0 Å². The summed E-state index contributed by atoms with van der Waals surface area (Å²) in [5.74, 6) is 0.587. The Hall–Kier alpha value is -4.11. The summed E-state index contributed by atoms with van der Waals surface area (Å²) < 4.78 is 25.7. The number of aryl methyl sites for hydroxylation is 3. The number of nitriles is 1. The van der Waals surface area contributed by atoms with Crippen LogP contribution in [-0.2, 0) is 29.1 Å². The molecule has 4 aromatic heterocycles. The highest BCUT2D eigenvalue weighted by Crippen LogP contribution is 2.43. The molecule has 1 atom stereocenters. The van der Waals surface area contributed by atoms with Crippen LogP contribution in [0.3, 0.4) is 0 Å². The predicted octanol–water partition coefficient (Wildman–Crippen LogP) is 3.78. The maximum atomic E-state index is 13.9. The fourth-order valence-corrected chi connectivity index (χ4v) is 5.69. The molecular weight excluding hydrogens is 540 g/mol. The van der Waals surface area contributed by atoms with Crippen molar-refractivity contribution in [3.05, 3.63) is 64.0 Å². The molecule has 1 fully saturated rings. The molecule has 0 aromatic carbocycles. The minimum absolute atomic E-state index is 0.00672. The summed E-state index contributed by atoms with van der Waals surface area (Å²) in [7, 11) is -3.35. The van der Waals surface area contributed by atoms with Gasteiger partial charge in [0.15, 0.2) is 21.3 Å². The van der Waals surface area contributed by atoms with Gasteiger partial charge in [0.2, 0.25) is 0 Å². The molecule has 12 heteroatoms. The molecule has 0 spiro atoms. The molecule has 0 aliphatic heterocycles. The fraction of sp³-hybridized carbons (Fsp3) is 0.448. The molecule has 0 bridgehead atoms. The van der Waals surface area contributed by atoms with Crippen LogP contribution in [0.5, 0.6) is 0 Å². The molecule has 0 radical (unpaired) electrons. The standard InChI is InChI=1S/C29H32N8O3S/c1-5-21-25(26(18-7-8-18)34-16-33-21)27-32-15-23-28(36-27)37(24(13-30)17(3)4)29(38)22(35-23)12-10-19-9-11-20(14-31-19)41(39,40)6-2/h9,11,14-18,24H,5-8,10,12H2,1-4H3/t24-/m0/s1.